The van der Waals surface area contributed by atoms with Gasteiger partial charge in [-0.15, -0.1) is 0 Å². The summed E-state index contributed by atoms with van der Waals surface area (Å²) in [7, 11) is 1.48. The van der Waals surface area contributed by atoms with Gasteiger partial charge >= 0.3 is 18.7 Å². The molecule has 0 heterocycles. The van der Waals surface area contributed by atoms with E-state index in [-0.39, 0.29) is 16.4 Å². The molecule has 1 amide bonds. The summed E-state index contributed by atoms with van der Waals surface area (Å²) < 4.78 is 40.4. The number of carbonyl (C=O) groups is 2. The number of hydrogen-bond acceptors (Lipinski definition) is 9. The third kappa shape index (κ3) is 12.9. The van der Waals surface area contributed by atoms with Crippen molar-refractivity contribution in [3.05, 3.63) is 90.0 Å². The minimum Gasteiger partial charge on any atom is -0.457 e. The van der Waals surface area contributed by atoms with Crippen molar-refractivity contribution in [2.75, 3.05) is 13.3 Å². The first kappa shape index (κ1) is 36.6. The second-order valence-corrected chi connectivity index (χ2v) is 11.7. The second-order valence-electron chi connectivity index (χ2n) is 10.3. The standard InChI is InChI=1S/C26H23F2NO4.C7H14N2O2S/c1-17(2)24(18-11-13-21(14-12-18)32-26(27)28)25(30)33-23(16-29)19-7-6-10-22(15-19)31-20-8-4-3-5-9-20;1-7(2,12-4)5-9-11-6(10)8-3/h3-15,17,23-24,26H,1-2H3;5H,1-4H3,(H,8,10)/b;9-5+/t23?,24-;/m0./s1. The van der Waals surface area contributed by atoms with Gasteiger partial charge in [-0.05, 0) is 68.0 Å². The lowest BCUT2D eigenvalue weighted by Gasteiger charge is -2.22. The van der Waals surface area contributed by atoms with Crippen molar-refractivity contribution in [3.8, 4) is 23.3 Å². The van der Waals surface area contributed by atoms with Gasteiger partial charge in [0.1, 0.15) is 23.3 Å². The van der Waals surface area contributed by atoms with Crippen LogP contribution in [0.1, 0.15) is 50.8 Å². The number of nitrogens with zero attached hydrogens (tertiary/aromatic N) is 2. The number of thioether (sulfide) groups is 1. The maximum Gasteiger partial charge on any atom is 0.433 e. The molecule has 0 aliphatic carbocycles. The van der Waals surface area contributed by atoms with Gasteiger partial charge in [0.05, 0.1) is 12.1 Å². The molecular formula is C33H37F2N3O6S. The summed E-state index contributed by atoms with van der Waals surface area (Å²) in [6.07, 6.45) is 1.86. The fourth-order valence-electron chi connectivity index (χ4n) is 3.67. The van der Waals surface area contributed by atoms with Gasteiger partial charge in [0.2, 0.25) is 6.10 Å². The maximum absolute atomic E-state index is 13.0. The Bertz CT molecular complexity index is 1430. The first-order valence-corrected chi connectivity index (χ1v) is 15.1. The Balaban J connectivity index is 0.000000498. The minimum absolute atomic E-state index is 0.00486. The van der Waals surface area contributed by atoms with Crippen LogP contribution in [0, 0.1) is 17.2 Å². The molecule has 3 rings (SSSR count). The van der Waals surface area contributed by atoms with Crippen LogP contribution in [0.15, 0.2) is 84.0 Å². The summed E-state index contributed by atoms with van der Waals surface area (Å²) in [6, 6.07) is 23.8. The summed E-state index contributed by atoms with van der Waals surface area (Å²) in [6.45, 7) is 4.71. The Hall–Kier alpha value is -4.63. The molecule has 240 valence electrons. The molecule has 0 radical (unpaired) electrons. The summed E-state index contributed by atoms with van der Waals surface area (Å²) in [5, 5.41) is 15.5. The smallest absolute Gasteiger partial charge is 0.433 e. The largest absolute Gasteiger partial charge is 0.457 e. The van der Waals surface area contributed by atoms with Crippen LogP contribution in [0.25, 0.3) is 0 Å². The van der Waals surface area contributed by atoms with Crippen molar-refractivity contribution in [2.45, 2.75) is 51.1 Å². The summed E-state index contributed by atoms with van der Waals surface area (Å²) in [5.74, 6) is -0.302. The minimum atomic E-state index is -2.93. The number of para-hydroxylation sites is 1. The summed E-state index contributed by atoms with van der Waals surface area (Å²) in [4.78, 5) is 28.0. The van der Waals surface area contributed by atoms with E-state index >= 15 is 0 Å². The van der Waals surface area contributed by atoms with Crippen molar-refractivity contribution in [3.63, 3.8) is 0 Å². The van der Waals surface area contributed by atoms with Crippen LogP contribution in [-0.4, -0.2) is 42.9 Å². The van der Waals surface area contributed by atoms with Gasteiger partial charge in [0.15, 0.2) is 0 Å². The number of oxime groups is 1. The van der Waals surface area contributed by atoms with Crippen LogP contribution < -0.4 is 14.8 Å². The molecule has 9 nitrogen and oxygen atoms in total. The molecular weight excluding hydrogens is 604 g/mol. The zero-order chi connectivity index (χ0) is 33.4. The molecule has 0 fully saturated rings. The normalized spacial score (nSPS) is 12.4. The van der Waals surface area contributed by atoms with E-state index in [1.165, 1.54) is 19.2 Å². The molecule has 0 saturated carbocycles. The predicted molar refractivity (Wildman–Crippen MR) is 170 cm³/mol. The lowest BCUT2D eigenvalue weighted by molar-refractivity contribution is -0.150. The quantitative estimate of drug-likeness (QED) is 0.0912. The van der Waals surface area contributed by atoms with Gasteiger partial charge in [0.25, 0.3) is 0 Å². The molecule has 1 unspecified atom stereocenters. The number of benzene rings is 3. The number of carbonyl (C=O) groups excluding carboxylic acids is 2. The van der Waals surface area contributed by atoms with Gasteiger partial charge in [-0.3, -0.25) is 9.63 Å². The van der Waals surface area contributed by atoms with Gasteiger partial charge in [-0.2, -0.15) is 25.8 Å². The Morgan fingerprint density at radius 3 is 2.16 bits per heavy atom. The zero-order valence-corrected chi connectivity index (χ0v) is 26.7. The van der Waals surface area contributed by atoms with E-state index in [0.29, 0.717) is 22.6 Å². The Labute approximate surface area is 266 Å². The Morgan fingerprint density at radius 2 is 1.60 bits per heavy atom. The lowest BCUT2D eigenvalue weighted by Crippen LogP contribution is -2.22. The van der Waals surface area contributed by atoms with Crippen LogP contribution in [0.4, 0.5) is 13.6 Å². The number of hydrogen-bond donors (Lipinski definition) is 1. The SMILES string of the molecule is CC(C)[C@H](C(=O)OC(C#N)c1cccc(Oc2ccccc2)c1)c1ccc(OC(F)F)cc1.CNC(=O)O/N=C/C(C)(C)SC. The third-order valence-electron chi connectivity index (χ3n) is 6.11. The van der Waals surface area contributed by atoms with Crippen LogP contribution in [0.2, 0.25) is 0 Å². The molecule has 1 N–H and O–H groups in total. The highest BCUT2D eigenvalue weighted by atomic mass is 32.2. The lowest BCUT2D eigenvalue weighted by atomic mass is 9.88. The molecule has 0 aromatic heterocycles. The molecule has 45 heavy (non-hydrogen) atoms. The number of halogens is 2. The number of nitrogens with one attached hydrogen (secondary N) is 1. The van der Waals surface area contributed by atoms with Crippen molar-refractivity contribution >= 4 is 30.0 Å². The molecule has 0 spiro atoms. The van der Waals surface area contributed by atoms with Crippen molar-refractivity contribution < 1.29 is 37.4 Å². The number of esters is 1. The van der Waals surface area contributed by atoms with Crippen molar-refractivity contribution in [1.82, 2.24) is 5.32 Å². The topological polar surface area (TPSA) is 119 Å². The van der Waals surface area contributed by atoms with E-state index in [9.17, 15) is 23.6 Å². The third-order valence-corrected chi connectivity index (χ3v) is 7.26. The fourth-order valence-corrected chi connectivity index (χ4v) is 3.82. The molecule has 3 aromatic carbocycles. The van der Waals surface area contributed by atoms with E-state index in [0.717, 1.165) is 0 Å². The second kappa shape index (κ2) is 18.2. The number of rotatable bonds is 12. The van der Waals surface area contributed by atoms with Crippen LogP contribution in [0.3, 0.4) is 0 Å². The molecule has 0 aliphatic rings. The Kier molecular flexibility index (Phi) is 14.8. The van der Waals surface area contributed by atoms with E-state index in [1.807, 2.05) is 58.2 Å². The zero-order valence-electron chi connectivity index (χ0n) is 25.9. The summed E-state index contributed by atoms with van der Waals surface area (Å²) in [5.41, 5.74) is 1.05. The predicted octanol–water partition coefficient (Wildman–Crippen LogP) is 8.10. The maximum atomic E-state index is 13.0. The van der Waals surface area contributed by atoms with Crippen LogP contribution >= 0.6 is 11.8 Å². The Morgan fingerprint density at radius 1 is 0.956 bits per heavy atom. The number of alkyl halides is 2. The van der Waals surface area contributed by atoms with Gasteiger partial charge in [-0.1, -0.05) is 61.5 Å². The average molecular weight is 642 g/mol. The van der Waals surface area contributed by atoms with E-state index in [4.69, 9.17) is 9.47 Å². The van der Waals surface area contributed by atoms with E-state index < -0.39 is 30.7 Å². The van der Waals surface area contributed by atoms with Crippen LogP contribution in [-0.2, 0) is 14.4 Å². The molecule has 0 bridgehead atoms. The highest BCUT2D eigenvalue weighted by Crippen LogP contribution is 2.31. The molecule has 0 saturated heterocycles. The average Bonchev–Trinajstić information content (AvgIpc) is 3.01. The van der Waals surface area contributed by atoms with Gasteiger partial charge in [0, 0.05) is 17.4 Å². The highest BCUT2D eigenvalue weighted by molar-refractivity contribution is 8.00. The van der Waals surface area contributed by atoms with Gasteiger partial charge in [-0.25, -0.2) is 4.79 Å². The van der Waals surface area contributed by atoms with Crippen LogP contribution in [0.5, 0.6) is 17.2 Å². The fraction of sp³-hybridized carbons (Fsp3) is 0.333. The molecule has 2 atom stereocenters. The summed E-state index contributed by atoms with van der Waals surface area (Å²) >= 11 is 1.63. The first-order valence-electron chi connectivity index (χ1n) is 13.8. The number of ether oxygens (including phenoxy) is 3. The van der Waals surface area contributed by atoms with E-state index in [2.05, 4.69) is 20.0 Å². The first-order chi connectivity index (χ1) is 21.4. The van der Waals surface area contributed by atoms with Crippen molar-refractivity contribution in [2.24, 2.45) is 11.1 Å². The number of nitriles is 1. The monoisotopic (exact) mass is 641 g/mol. The molecule has 12 heteroatoms. The molecule has 3 aromatic rings. The van der Waals surface area contributed by atoms with E-state index in [1.54, 1.807) is 66.5 Å². The number of amides is 1. The molecule has 0 aliphatic heterocycles. The van der Waals surface area contributed by atoms with Crippen molar-refractivity contribution in [1.29, 1.82) is 5.26 Å². The van der Waals surface area contributed by atoms with Gasteiger partial charge < -0.3 is 19.5 Å². The highest BCUT2D eigenvalue weighted by Gasteiger charge is 2.29.